The van der Waals surface area contributed by atoms with Crippen molar-refractivity contribution in [3.05, 3.63) is 71.1 Å². The Morgan fingerprint density at radius 2 is 1.90 bits per heavy atom. The Morgan fingerprint density at radius 3 is 2.81 bits per heavy atom. The van der Waals surface area contributed by atoms with Gasteiger partial charge in [-0.2, -0.15) is 5.10 Å². The van der Waals surface area contributed by atoms with Crippen molar-refractivity contribution < 1.29 is 0 Å². The molecular weight excluding hydrogens is 284 g/mol. The highest BCUT2D eigenvalue weighted by molar-refractivity contribution is 6.36. The summed E-state index contributed by atoms with van der Waals surface area (Å²) in [4.78, 5) is 4.55. The molecule has 0 unspecified atom stereocenters. The fraction of sp³-hybridized carbons (Fsp3) is 0. The van der Waals surface area contributed by atoms with E-state index in [-0.39, 0.29) is 0 Å². The summed E-state index contributed by atoms with van der Waals surface area (Å²) in [6, 6.07) is 11.7. The van der Waals surface area contributed by atoms with Crippen LogP contribution in [0.15, 0.2) is 60.0 Å². The minimum absolute atomic E-state index is 0.685. The minimum atomic E-state index is 0.685. The fourth-order valence-corrected chi connectivity index (χ4v) is 2.77. The molecule has 4 rings (SSSR count). The van der Waals surface area contributed by atoms with Gasteiger partial charge in [-0.3, -0.25) is 10.1 Å². The van der Waals surface area contributed by atoms with Gasteiger partial charge in [0.2, 0.25) is 0 Å². The highest BCUT2D eigenvalue weighted by Crippen LogP contribution is 2.31. The van der Waals surface area contributed by atoms with Crippen molar-refractivity contribution in [1.29, 1.82) is 0 Å². The van der Waals surface area contributed by atoms with E-state index in [1.807, 2.05) is 48.8 Å². The Morgan fingerprint density at radius 1 is 1.00 bits per heavy atom. The van der Waals surface area contributed by atoms with Crippen LogP contribution in [0.2, 0.25) is 5.02 Å². The summed E-state index contributed by atoms with van der Waals surface area (Å²) in [5.41, 5.74) is 4.72. The number of aromatic nitrogens is 2. The second-order valence-electron chi connectivity index (χ2n) is 4.74. The predicted octanol–water partition coefficient (Wildman–Crippen LogP) is 3.95. The van der Waals surface area contributed by atoms with Gasteiger partial charge in [0, 0.05) is 33.9 Å². The average molecular weight is 295 g/mol. The first-order chi connectivity index (χ1) is 10.3. The number of benzene rings is 2. The normalized spacial score (nSPS) is 13.5. The van der Waals surface area contributed by atoms with E-state index in [0.29, 0.717) is 5.02 Å². The summed E-state index contributed by atoms with van der Waals surface area (Å²) in [5.74, 6) is 0. The van der Waals surface area contributed by atoms with Gasteiger partial charge >= 0.3 is 0 Å². The maximum absolute atomic E-state index is 6.33. The second-order valence-corrected chi connectivity index (χ2v) is 5.14. The molecule has 0 radical (unpaired) electrons. The third kappa shape index (κ3) is 1.92. The summed E-state index contributed by atoms with van der Waals surface area (Å²) < 4.78 is 0. The zero-order chi connectivity index (χ0) is 14.2. The number of nitrogens with one attached hydrogen (secondary N) is 2. The molecule has 1 aliphatic heterocycles. The zero-order valence-corrected chi connectivity index (χ0v) is 11.7. The van der Waals surface area contributed by atoms with Gasteiger partial charge in [-0.15, -0.1) is 0 Å². The molecule has 0 bridgehead atoms. The first-order valence-electron chi connectivity index (χ1n) is 6.55. The molecule has 102 valence electrons. The standard InChI is InChI=1S/C16H11ClN4/c17-13-4-2-1-3-10(13)15-11-5-6-14-12(9-20-21-14)16(11)19-8-7-18-15/h1-9,19H,(H,20,21). The average Bonchev–Trinajstić information content (AvgIpc) is 2.88. The number of H-pyrrole nitrogens is 1. The third-order valence-electron chi connectivity index (χ3n) is 3.51. The van der Waals surface area contributed by atoms with E-state index < -0.39 is 0 Å². The number of rotatable bonds is 1. The van der Waals surface area contributed by atoms with Gasteiger partial charge in [-0.1, -0.05) is 29.8 Å². The number of nitrogens with zero attached hydrogens (tertiary/aromatic N) is 2. The lowest BCUT2D eigenvalue weighted by molar-refractivity contribution is 1.12. The van der Waals surface area contributed by atoms with E-state index >= 15 is 0 Å². The maximum Gasteiger partial charge on any atom is 0.0810 e. The largest absolute Gasteiger partial charge is 0.359 e. The summed E-state index contributed by atoms with van der Waals surface area (Å²) >= 11 is 6.33. The molecule has 2 aromatic carbocycles. The van der Waals surface area contributed by atoms with Crippen molar-refractivity contribution >= 4 is 33.9 Å². The molecule has 2 heterocycles. The lowest BCUT2D eigenvalue weighted by Crippen LogP contribution is -2.05. The molecular formula is C16H11ClN4. The van der Waals surface area contributed by atoms with Crippen LogP contribution in [0.3, 0.4) is 0 Å². The molecule has 5 heteroatoms. The summed E-state index contributed by atoms with van der Waals surface area (Å²) in [6.07, 6.45) is 5.37. The van der Waals surface area contributed by atoms with E-state index in [2.05, 4.69) is 20.5 Å². The number of hydrogen-bond acceptors (Lipinski definition) is 3. The number of fused-ring (bicyclic) bond motifs is 3. The Balaban J connectivity index is 2.01. The van der Waals surface area contributed by atoms with E-state index in [9.17, 15) is 0 Å². The number of hydrogen-bond donors (Lipinski definition) is 2. The van der Waals surface area contributed by atoms with Gasteiger partial charge in [0.05, 0.1) is 23.1 Å². The molecule has 0 spiro atoms. The van der Waals surface area contributed by atoms with Crippen LogP contribution >= 0.6 is 11.6 Å². The molecule has 2 N–H and O–H groups in total. The van der Waals surface area contributed by atoms with E-state index in [1.165, 1.54) is 0 Å². The van der Waals surface area contributed by atoms with Crippen LogP contribution in [0, 0.1) is 0 Å². The summed E-state index contributed by atoms with van der Waals surface area (Å²) in [6.45, 7) is 0. The molecule has 1 aliphatic rings. The fourth-order valence-electron chi connectivity index (χ4n) is 2.54. The van der Waals surface area contributed by atoms with Crippen molar-refractivity contribution in [2.75, 3.05) is 5.32 Å². The van der Waals surface area contributed by atoms with Crippen LogP contribution in [0.4, 0.5) is 5.69 Å². The van der Waals surface area contributed by atoms with Crippen molar-refractivity contribution in [3.8, 4) is 0 Å². The molecule has 0 saturated carbocycles. The number of aromatic amines is 1. The molecule has 0 saturated heterocycles. The highest BCUT2D eigenvalue weighted by atomic mass is 35.5. The van der Waals surface area contributed by atoms with Crippen LogP contribution < -0.4 is 5.32 Å². The lowest BCUT2D eigenvalue weighted by atomic mass is 9.99. The van der Waals surface area contributed by atoms with Gasteiger partial charge < -0.3 is 5.32 Å². The summed E-state index contributed by atoms with van der Waals surface area (Å²) in [5, 5.41) is 12.1. The predicted molar refractivity (Wildman–Crippen MR) is 85.9 cm³/mol. The smallest absolute Gasteiger partial charge is 0.0810 e. The van der Waals surface area contributed by atoms with Crippen LogP contribution in [0.1, 0.15) is 11.1 Å². The quantitative estimate of drug-likeness (QED) is 0.714. The second kappa shape index (κ2) is 4.75. The molecule has 0 atom stereocenters. The third-order valence-corrected chi connectivity index (χ3v) is 3.84. The molecule has 4 nitrogen and oxygen atoms in total. The Hall–Kier alpha value is -2.59. The van der Waals surface area contributed by atoms with Gasteiger partial charge in [0.25, 0.3) is 0 Å². The van der Waals surface area contributed by atoms with Gasteiger partial charge in [-0.25, -0.2) is 0 Å². The van der Waals surface area contributed by atoms with Crippen LogP contribution in [0.5, 0.6) is 0 Å². The Labute approximate surface area is 126 Å². The van der Waals surface area contributed by atoms with Gasteiger partial charge in [0.1, 0.15) is 0 Å². The van der Waals surface area contributed by atoms with Crippen LogP contribution in [-0.4, -0.2) is 15.9 Å². The zero-order valence-electron chi connectivity index (χ0n) is 11.0. The summed E-state index contributed by atoms with van der Waals surface area (Å²) in [7, 11) is 0. The Kier molecular flexibility index (Phi) is 2.75. The number of halogens is 1. The SMILES string of the molecule is Clc1ccccc1C1=NC=CNc2c1ccc1[nH]ncc21. The van der Waals surface area contributed by atoms with Crippen molar-refractivity contribution in [1.82, 2.24) is 10.2 Å². The van der Waals surface area contributed by atoms with Gasteiger partial charge in [0.15, 0.2) is 0 Å². The molecule has 3 aromatic rings. The monoisotopic (exact) mass is 294 g/mol. The molecule has 21 heavy (non-hydrogen) atoms. The van der Waals surface area contributed by atoms with E-state index in [4.69, 9.17) is 11.6 Å². The van der Waals surface area contributed by atoms with Gasteiger partial charge in [-0.05, 0) is 18.2 Å². The minimum Gasteiger partial charge on any atom is -0.359 e. The topological polar surface area (TPSA) is 53.1 Å². The number of anilines is 1. The lowest BCUT2D eigenvalue weighted by Gasteiger charge is -2.12. The molecule has 0 amide bonds. The van der Waals surface area contributed by atoms with Crippen LogP contribution in [-0.2, 0) is 0 Å². The van der Waals surface area contributed by atoms with Crippen molar-refractivity contribution in [2.45, 2.75) is 0 Å². The van der Waals surface area contributed by atoms with E-state index in [0.717, 1.165) is 33.4 Å². The molecule has 0 fully saturated rings. The first-order valence-corrected chi connectivity index (χ1v) is 6.93. The van der Waals surface area contributed by atoms with E-state index in [1.54, 1.807) is 6.20 Å². The van der Waals surface area contributed by atoms with Crippen LogP contribution in [0.25, 0.3) is 10.9 Å². The maximum atomic E-state index is 6.33. The van der Waals surface area contributed by atoms with Crippen molar-refractivity contribution in [3.63, 3.8) is 0 Å². The Bertz CT molecular complexity index is 892. The highest BCUT2D eigenvalue weighted by Gasteiger charge is 2.17. The first kappa shape index (κ1) is 12.2. The molecule has 1 aromatic heterocycles. The van der Waals surface area contributed by atoms with Crippen molar-refractivity contribution in [2.24, 2.45) is 4.99 Å². The molecule has 0 aliphatic carbocycles. The number of aliphatic imine (C=N–C) groups is 1.